The number of aromatic nitrogens is 2. The highest BCUT2D eigenvalue weighted by Gasteiger charge is 2.37. The summed E-state index contributed by atoms with van der Waals surface area (Å²) in [7, 11) is 1.72. The van der Waals surface area contributed by atoms with E-state index in [9.17, 15) is 4.79 Å². The molecule has 18 heavy (non-hydrogen) atoms. The monoisotopic (exact) mass is 249 g/mol. The van der Waals surface area contributed by atoms with Gasteiger partial charge in [-0.25, -0.2) is 4.98 Å². The van der Waals surface area contributed by atoms with E-state index in [1.807, 2.05) is 0 Å². The summed E-state index contributed by atoms with van der Waals surface area (Å²) < 4.78 is 5.73. The number of aromatic amines is 1. The fourth-order valence-corrected chi connectivity index (χ4v) is 3.06. The molecular weight excluding hydrogens is 230 g/mol. The Morgan fingerprint density at radius 3 is 2.72 bits per heavy atom. The third kappa shape index (κ3) is 1.78. The largest absolute Gasteiger partial charge is 0.370 e. The van der Waals surface area contributed by atoms with Crippen molar-refractivity contribution >= 4 is 0 Å². The van der Waals surface area contributed by atoms with Crippen LogP contribution in [0.1, 0.15) is 49.2 Å². The van der Waals surface area contributed by atoms with Crippen LogP contribution < -0.4 is 10.9 Å². The summed E-state index contributed by atoms with van der Waals surface area (Å²) in [4.78, 5) is 19.6. The Morgan fingerprint density at radius 2 is 2.00 bits per heavy atom. The van der Waals surface area contributed by atoms with Gasteiger partial charge in [0.25, 0.3) is 5.56 Å². The van der Waals surface area contributed by atoms with Crippen molar-refractivity contribution in [3.63, 3.8) is 0 Å². The molecule has 5 nitrogen and oxygen atoms in total. The lowest BCUT2D eigenvalue weighted by atomic mass is 9.84. The van der Waals surface area contributed by atoms with E-state index in [-0.39, 0.29) is 11.2 Å². The average Bonchev–Trinajstić information content (AvgIpc) is 2.88. The third-order valence-electron chi connectivity index (χ3n) is 4.18. The normalized spacial score (nSPS) is 21.8. The van der Waals surface area contributed by atoms with Crippen molar-refractivity contribution in [3.8, 4) is 0 Å². The summed E-state index contributed by atoms with van der Waals surface area (Å²) in [6.45, 7) is 1.31. The first-order valence-electron chi connectivity index (χ1n) is 6.64. The summed E-state index contributed by atoms with van der Waals surface area (Å²) in [6, 6.07) is 0. The van der Waals surface area contributed by atoms with Crippen molar-refractivity contribution < 1.29 is 4.74 Å². The molecule has 0 bridgehead atoms. The second kappa shape index (κ2) is 4.48. The number of nitrogens with one attached hydrogen (secondary N) is 2. The van der Waals surface area contributed by atoms with Gasteiger partial charge in [0.2, 0.25) is 0 Å². The molecule has 2 N–H and O–H groups in total. The number of hydrogen-bond donors (Lipinski definition) is 2. The van der Waals surface area contributed by atoms with Gasteiger partial charge in [0, 0.05) is 20.2 Å². The first kappa shape index (κ1) is 11.9. The van der Waals surface area contributed by atoms with Crippen molar-refractivity contribution in [1.82, 2.24) is 15.3 Å². The molecule has 0 saturated heterocycles. The molecule has 5 heteroatoms. The van der Waals surface area contributed by atoms with Crippen LogP contribution in [0.3, 0.4) is 0 Å². The van der Waals surface area contributed by atoms with Gasteiger partial charge < -0.3 is 15.0 Å². The molecule has 1 aromatic rings. The van der Waals surface area contributed by atoms with Crippen LogP contribution in [0.2, 0.25) is 0 Å². The number of rotatable bonds is 2. The number of fused-ring (bicyclic) bond motifs is 1. The Kier molecular flexibility index (Phi) is 2.95. The Bertz CT molecular complexity index is 503. The predicted molar refractivity (Wildman–Crippen MR) is 67.2 cm³/mol. The van der Waals surface area contributed by atoms with Crippen LogP contribution in [-0.4, -0.2) is 17.1 Å². The Balaban J connectivity index is 2.05. The van der Waals surface area contributed by atoms with Crippen molar-refractivity contribution in [2.24, 2.45) is 0 Å². The SMILES string of the molecule is COC1(c2nc3c(c(=O)[nH]2)CNC3)CCCCC1. The fraction of sp³-hybridized carbons (Fsp3) is 0.692. The Morgan fingerprint density at radius 1 is 1.22 bits per heavy atom. The maximum atomic E-state index is 12.0. The van der Waals surface area contributed by atoms with Gasteiger partial charge >= 0.3 is 0 Å². The molecule has 1 fully saturated rings. The van der Waals surface area contributed by atoms with Gasteiger partial charge in [-0.15, -0.1) is 0 Å². The molecule has 1 saturated carbocycles. The lowest BCUT2D eigenvalue weighted by Gasteiger charge is -2.34. The summed E-state index contributed by atoms with van der Waals surface area (Å²) >= 11 is 0. The fourth-order valence-electron chi connectivity index (χ4n) is 3.06. The van der Waals surface area contributed by atoms with Crippen LogP contribution in [-0.2, 0) is 23.4 Å². The minimum atomic E-state index is -0.380. The van der Waals surface area contributed by atoms with Crippen LogP contribution in [0.4, 0.5) is 0 Å². The standard InChI is InChI=1S/C13H19N3O2/c1-18-13(5-3-2-4-6-13)12-15-10-8-14-7-9(10)11(17)16-12/h14H,2-8H2,1H3,(H,15,16,17). The van der Waals surface area contributed by atoms with Crippen LogP contribution in [0, 0.1) is 0 Å². The summed E-state index contributed by atoms with van der Waals surface area (Å²) in [5, 5.41) is 3.17. The summed E-state index contributed by atoms with van der Waals surface area (Å²) in [5.41, 5.74) is 1.27. The molecular formula is C13H19N3O2. The second-order valence-corrected chi connectivity index (χ2v) is 5.20. The van der Waals surface area contributed by atoms with Gasteiger partial charge in [0.05, 0.1) is 11.3 Å². The zero-order chi connectivity index (χ0) is 12.6. The number of H-pyrrole nitrogens is 1. The van der Waals surface area contributed by atoms with Gasteiger partial charge in [0.1, 0.15) is 11.4 Å². The molecule has 0 spiro atoms. The summed E-state index contributed by atoms with van der Waals surface area (Å²) in [6.07, 6.45) is 5.39. The molecule has 0 amide bonds. The summed E-state index contributed by atoms with van der Waals surface area (Å²) in [5.74, 6) is 0.720. The Hall–Kier alpha value is -1.20. The minimum Gasteiger partial charge on any atom is -0.370 e. The van der Waals surface area contributed by atoms with Gasteiger partial charge in [0.15, 0.2) is 0 Å². The van der Waals surface area contributed by atoms with Crippen molar-refractivity contribution in [1.29, 1.82) is 0 Å². The molecule has 1 aliphatic carbocycles. The van der Waals surface area contributed by atoms with Gasteiger partial charge in [-0.2, -0.15) is 0 Å². The zero-order valence-corrected chi connectivity index (χ0v) is 10.7. The first-order chi connectivity index (χ1) is 8.75. The average molecular weight is 249 g/mol. The van der Waals surface area contributed by atoms with E-state index >= 15 is 0 Å². The highest BCUT2D eigenvalue weighted by Crippen LogP contribution is 2.38. The van der Waals surface area contributed by atoms with E-state index in [0.29, 0.717) is 13.1 Å². The number of hydrogen-bond acceptors (Lipinski definition) is 4. The van der Waals surface area contributed by atoms with Crippen molar-refractivity contribution in [2.75, 3.05) is 7.11 Å². The smallest absolute Gasteiger partial charge is 0.255 e. The molecule has 98 valence electrons. The van der Waals surface area contributed by atoms with E-state index in [1.54, 1.807) is 7.11 Å². The van der Waals surface area contributed by atoms with Crippen molar-refractivity contribution in [2.45, 2.75) is 50.8 Å². The minimum absolute atomic E-state index is 0.0120. The lowest BCUT2D eigenvalue weighted by molar-refractivity contribution is -0.0518. The third-order valence-corrected chi connectivity index (χ3v) is 4.18. The van der Waals surface area contributed by atoms with Gasteiger partial charge in [-0.1, -0.05) is 19.3 Å². The number of methoxy groups -OCH3 is 1. The van der Waals surface area contributed by atoms with E-state index < -0.39 is 0 Å². The first-order valence-corrected chi connectivity index (χ1v) is 6.64. The second-order valence-electron chi connectivity index (χ2n) is 5.20. The molecule has 0 radical (unpaired) electrons. The van der Waals surface area contributed by atoms with Crippen LogP contribution in [0.5, 0.6) is 0 Å². The predicted octanol–water partition coefficient (Wildman–Crippen LogP) is 1.18. The molecule has 0 unspecified atom stereocenters. The highest BCUT2D eigenvalue weighted by atomic mass is 16.5. The molecule has 2 heterocycles. The highest BCUT2D eigenvalue weighted by molar-refractivity contribution is 5.23. The number of nitrogens with zero attached hydrogens (tertiary/aromatic N) is 1. The molecule has 0 atom stereocenters. The molecule has 2 aliphatic rings. The van der Waals surface area contributed by atoms with Crippen molar-refractivity contribution in [3.05, 3.63) is 27.4 Å². The van der Waals surface area contributed by atoms with E-state index in [0.717, 1.165) is 42.8 Å². The van der Waals surface area contributed by atoms with Crippen LogP contribution in [0.15, 0.2) is 4.79 Å². The van der Waals surface area contributed by atoms with E-state index in [2.05, 4.69) is 15.3 Å². The lowest BCUT2D eigenvalue weighted by Crippen LogP contribution is -2.36. The topological polar surface area (TPSA) is 67.0 Å². The quantitative estimate of drug-likeness (QED) is 0.826. The molecule has 1 aliphatic heterocycles. The van der Waals surface area contributed by atoms with Gasteiger partial charge in [-0.3, -0.25) is 4.79 Å². The van der Waals surface area contributed by atoms with E-state index in [1.165, 1.54) is 6.42 Å². The Labute approximate surface area is 106 Å². The number of ether oxygens (including phenoxy) is 1. The maximum Gasteiger partial charge on any atom is 0.255 e. The maximum absolute atomic E-state index is 12.0. The molecule has 0 aromatic carbocycles. The van der Waals surface area contributed by atoms with Gasteiger partial charge in [-0.05, 0) is 12.8 Å². The zero-order valence-electron chi connectivity index (χ0n) is 10.7. The van der Waals surface area contributed by atoms with Crippen LogP contribution >= 0.6 is 0 Å². The van der Waals surface area contributed by atoms with Crippen LogP contribution in [0.25, 0.3) is 0 Å². The molecule has 3 rings (SSSR count). The van der Waals surface area contributed by atoms with E-state index in [4.69, 9.17) is 4.74 Å². The molecule has 1 aromatic heterocycles.